The van der Waals surface area contributed by atoms with Crippen LogP contribution in [-0.4, -0.2) is 45.2 Å². The Balaban J connectivity index is 1.97. The van der Waals surface area contributed by atoms with Gasteiger partial charge in [0, 0.05) is 12.1 Å². The second-order valence-corrected chi connectivity index (χ2v) is 6.70. The van der Waals surface area contributed by atoms with Crippen molar-refractivity contribution in [1.82, 2.24) is 25.5 Å². The third-order valence-electron chi connectivity index (χ3n) is 4.23. The third kappa shape index (κ3) is 5.77. The van der Waals surface area contributed by atoms with E-state index in [-0.39, 0.29) is 18.4 Å². The Bertz CT molecular complexity index is 773. The number of unbranched alkanes of at least 4 members (excludes halogenated alkanes) is 1. The minimum absolute atomic E-state index is 0.0445. The van der Waals surface area contributed by atoms with Gasteiger partial charge in [-0.15, -0.1) is 5.10 Å². The number of ether oxygens (including phenoxy) is 2. The zero-order valence-corrected chi connectivity index (χ0v) is 16.7. The first-order chi connectivity index (χ1) is 13.5. The van der Waals surface area contributed by atoms with Gasteiger partial charge in [-0.3, -0.25) is 4.79 Å². The van der Waals surface area contributed by atoms with Gasteiger partial charge in [-0.2, -0.15) is 0 Å². The Morgan fingerprint density at radius 1 is 1.21 bits per heavy atom. The highest BCUT2D eigenvalue weighted by Crippen LogP contribution is 2.13. The van der Waals surface area contributed by atoms with Crippen LogP contribution in [0, 0.1) is 5.92 Å². The van der Waals surface area contributed by atoms with Crippen molar-refractivity contribution in [3.8, 4) is 5.75 Å². The quantitative estimate of drug-likeness (QED) is 0.619. The zero-order valence-electron chi connectivity index (χ0n) is 16.7. The SMILES string of the molecule is CCCCn1nnnc1COC(=O)[C@@H](NC(=O)c1ccc(OC)cc1)C(C)C. The Labute approximate surface area is 164 Å². The second-order valence-electron chi connectivity index (χ2n) is 6.70. The van der Waals surface area contributed by atoms with Crippen molar-refractivity contribution in [3.05, 3.63) is 35.7 Å². The predicted molar refractivity (Wildman–Crippen MR) is 102 cm³/mol. The van der Waals surface area contributed by atoms with Gasteiger partial charge in [-0.25, -0.2) is 9.48 Å². The number of amides is 1. The van der Waals surface area contributed by atoms with Crippen molar-refractivity contribution in [3.63, 3.8) is 0 Å². The summed E-state index contributed by atoms with van der Waals surface area (Å²) in [5, 5.41) is 14.2. The molecule has 2 aromatic rings. The van der Waals surface area contributed by atoms with Crippen molar-refractivity contribution >= 4 is 11.9 Å². The number of aromatic nitrogens is 4. The lowest BCUT2D eigenvalue weighted by molar-refractivity contribution is -0.148. The molecule has 1 amide bonds. The molecule has 0 aliphatic rings. The lowest BCUT2D eigenvalue weighted by Gasteiger charge is -2.20. The summed E-state index contributed by atoms with van der Waals surface area (Å²) in [5.74, 6) is 0.0988. The number of methoxy groups -OCH3 is 1. The van der Waals surface area contributed by atoms with Gasteiger partial charge in [0.15, 0.2) is 12.4 Å². The summed E-state index contributed by atoms with van der Waals surface area (Å²) in [6.45, 7) is 6.37. The van der Waals surface area contributed by atoms with Crippen LogP contribution < -0.4 is 10.1 Å². The molecule has 2 rings (SSSR count). The first kappa shape index (κ1) is 21.3. The Morgan fingerprint density at radius 3 is 2.54 bits per heavy atom. The number of rotatable bonds is 10. The van der Waals surface area contributed by atoms with Crippen molar-refractivity contribution < 1.29 is 19.1 Å². The molecule has 0 saturated heterocycles. The Hall–Kier alpha value is -2.97. The van der Waals surface area contributed by atoms with Crippen LogP contribution in [0.4, 0.5) is 0 Å². The molecule has 9 heteroatoms. The molecule has 0 fully saturated rings. The first-order valence-electron chi connectivity index (χ1n) is 9.32. The molecule has 0 saturated carbocycles. The van der Waals surface area contributed by atoms with E-state index in [2.05, 4.69) is 27.8 Å². The molecular weight excluding hydrogens is 362 g/mol. The number of aryl methyl sites for hydroxylation is 1. The van der Waals surface area contributed by atoms with E-state index in [4.69, 9.17) is 9.47 Å². The molecule has 1 N–H and O–H groups in total. The van der Waals surface area contributed by atoms with Gasteiger partial charge in [0.1, 0.15) is 11.8 Å². The molecule has 0 unspecified atom stereocenters. The van der Waals surface area contributed by atoms with Crippen molar-refractivity contribution in [2.75, 3.05) is 7.11 Å². The smallest absolute Gasteiger partial charge is 0.329 e. The van der Waals surface area contributed by atoms with Crippen LogP contribution in [0.5, 0.6) is 5.75 Å². The van der Waals surface area contributed by atoms with E-state index in [1.165, 1.54) is 0 Å². The second kappa shape index (κ2) is 10.4. The summed E-state index contributed by atoms with van der Waals surface area (Å²) in [7, 11) is 1.55. The highest BCUT2D eigenvalue weighted by Gasteiger charge is 2.26. The van der Waals surface area contributed by atoms with E-state index in [1.54, 1.807) is 36.1 Å². The van der Waals surface area contributed by atoms with E-state index in [0.29, 0.717) is 23.7 Å². The van der Waals surface area contributed by atoms with Crippen molar-refractivity contribution in [2.24, 2.45) is 5.92 Å². The van der Waals surface area contributed by atoms with Crippen LogP contribution in [0.25, 0.3) is 0 Å². The van der Waals surface area contributed by atoms with E-state index < -0.39 is 12.0 Å². The summed E-state index contributed by atoms with van der Waals surface area (Å²) < 4.78 is 12.1. The zero-order chi connectivity index (χ0) is 20.5. The molecule has 0 spiro atoms. The average Bonchev–Trinajstić information content (AvgIpc) is 3.15. The fourth-order valence-electron chi connectivity index (χ4n) is 2.50. The van der Waals surface area contributed by atoms with E-state index in [1.807, 2.05) is 13.8 Å². The molecule has 28 heavy (non-hydrogen) atoms. The van der Waals surface area contributed by atoms with E-state index in [9.17, 15) is 9.59 Å². The average molecular weight is 389 g/mol. The molecule has 9 nitrogen and oxygen atoms in total. The molecule has 152 valence electrons. The number of esters is 1. The number of hydrogen-bond donors (Lipinski definition) is 1. The lowest BCUT2D eigenvalue weighted by atomic mass is 10.0. The number of tetrazole rings is 1. The molecule has 0 radical (unpaired) electrons. The van der Waals surface area contributed by atoms with E-state index >= 15 is 0 Å². The molecule has 0 bridgehead atoms. The van der Waals surface area contributed by atoms with Crippen LogP contribution in [-0.2, 0) is 22.7 Å². The van der Waals surface area contributed by atoms with Gasteiger partial charge in [-0.05, 0) is 47.0 Å². The van der Waals surface area contributed by atoms with Gasteiger partial charge in [0.2, 0.25) is 0 Å². The van der Waals surface area contributed by atoms with Gasteiger partial charge in [0.25, 0.3) is 5.91 Å². The maximum absolute atomic E-state index is 12.5. The Morgan fingerprint density at radius 2 is 1.93 bits per heavy atom. The number of benzene rings is 1. The van der Waals surface area contributed by atoms with Gasteiger partial charge in [-0.1, -0.05) is 27.2 Å². The highest BCUT2D eigenvalue weighted by molar-refractivity contribution is 5.96. The van der Waals surface area contributed by atoms with Crippen LogP contribution in [0.15, 0.2) is 24.3 Å². The lowest BCUT2D eigenvalue weighted by Crippen LogP contribution is -2.45. The number of nitrogens with one attached hydrogen (secondary N) is 1. The van der Waals surface area contributed by atoms with Crippen molar-refractivity contribution in [2.45, 2.75) is 52.8 Å². The minimum atomic E-state index is -0.783. The number of hydrogen-bond acceptors (Lipinski definition) is 7. The summed E-state index contributed by atoms with van der Waals surface area (Å²) in [6, 6.07) is 5.87. The number of nitrogens with zero attached hydrogens (tertiary/aromatic N) is 4. The maximum atomic E-state index is 12.5. The largest absolute Gasteiger partial charge is 0.497 e. The summed E-state index contributed by atoms with van der Waals surface area (Å²) in [6.07, 6.45) is 1.93. The van der Waals surface area contributed by atoms with Crippen LogP contribution in [0.2, 0.25) is 0 Å². The highest BCUT2D eigenvalue weighted by atomic mass is 16.5. The summed E-state index contributed by atoms with van der Waals surface area (Å²) in [5.41, 5.74) is 0.433. The molecular formula is C19H27N5O4. The predicted octanol–water partition coefficient (Wildman–Crippen LogP) is 1.98. The standard InChI is InChI=1S/C19H27N5O4/c1-5-6-11-24-16(21-22-23-24)12-28-19(26)17(13(2)3)20-18(25)14-7-9-15(27-4)10-8-14/h7-10,13,17H,5-6,11-12H2,1-4H3,(H,20,25)/t17-/m0/s1. The normalized spacial score (nSPS) is 11.9. The number of carbonyl (C=O) groups is 2. The minimum Gasteiger partial charge on any atom is -0.497 e. The van der Waals surface area contributed by atoms with Gasteiger partial charge < -0.3 is 14.8 Å². The van der Waals surface area contributed by atoms with Crippen LogP contribution >= 0.6 is 0 Å². The third-order valence-corrected chi connectivity index (χ3v) is 4.23. The Kier molecular flexibility index (Phi) is 7.91. The molecule has 1 heterocycles. The summed E-state index contributed by atoms with van der Waals surface area (Å²) >= 11 is 0. The molecule has 0 aliphatic heterocycles. The molecule has 1 aromatic carbocycles. The molecule has 1 aromatic heterocycles. The molecule has 0 aliphatic carbocycles. The summed E-state index contributed by atoms with van der Waals surface area (Å²) in [4.78, 5) is 25.0. The topological polar surface area (TPSA) is 108 Å². The monoisotopic (exact) mass is 389 g/mol. The fraction of sp³-hybridized carbons (Fsp3) is 0.526. The number of carbonyl (C=O) groups excluding carboxylic acids is 2. The first-order valence-corrected chi connectivity index (χ1v) is 9.32. The fourth-order valence-corrected chi connectivity index (χ4v) is 2.50. The van der Waals surface area contributed by atoms with Gasteiger partial charge >= 0.3 is 5.97 Å². The van der Waals surface area contributed by atoms with Gasteiger partial charge in [0.05, 0.1) is 7.11 Å². The van der Waals surface area contributed by atoms with E-state index in [0.717, 1.165) is 12.8 Å². The maximum Gasteiger partial charge on any atom is 0.329 e. The van der Waals surface area contributed by atoms with Crippen LogP contribution in [0.3, 0.4) is 0 Å². The van der Waals surface area contributed by atoms with Crippen molar-refractivity contribution in [1.29, 1.82) is 0 Å². The van der Waals surface area contributed by atoms with Crippen LogP contribution in [0.1, 0.15) is 49.8 Å². The molecule has 1 atom stereocenters.